The van der Waals surface area contributed by atoms with Gasteiger partial charge < -0.3 is 5.73 Å². The van der Waals surface area contributed by atoms with Gasteiger partial charge in [0, 0.05) is 6.20 Å². The molecule has 14 heavy (non-hydrogen) atoms. The zero-order chi connectivity index (χ0) is 10.6. The van der Waals surface area contributed by atoms with Crippen molar-refractivity contribution in [3.05, 3.63) is 23.8 Å². The van der Waals surface area contributed by atoms with Crippen LogP contribution in [0.15, 0.2) is 17.4 Å². The molecule has 2 amide bonds. The van der Waals surface area contributed by atoms with Gasteiger partial charge >= 0.3 is 6.03 Å². The summed E-state index contributed by atoms with van der Waals surface area (Å²) in [4.78, 5) is 18.4. The van der Waals surface area contributed by atoms with Crippen LogP contribution in [0.5, 0.6) is 0 Å². The van der Waals surface area contributed by atoms with E-state index in [1.165, 1.54) is 0 Å². The molecule has 6 heteroatoms. The van der Waals surface area contributed by atoms with E-state index in [9.17, 15) is 4.79 Å². The molecular weight excluding hydrogens is 182 g/mol. The SMILES string of the molecule is CC(=NNC(N)=O)c1ccnc(C)n1. The maximum Gasteiger partial charge on any atom is 0.332 e. The van der Waals surface area contributed by atoms with Gasteiger partial charge in [-0.3, -0.25) is 0 Å². The topological polar surface area (TPSA) is 93.3 Å². The van der Waals surface area contributed by atoms with Gasteiger partial charge in [-0.25, -0.2) is 20.2 Å². The fourth-order valence-electron chi connectivity index (χ4n) is 0.854. The fraction of sp³-hybridized carbons (Fsp3) is 0.250. The maximum atomic E-state index is 10.4. The summed E-state index contributed by atoms with van der Waals surface area (Å²) in [6, 6.07) is 1.00. The summed E-state index contributed by atoms with van der Waals surface area (Å²) >= 11 is 0. The third-order valence-electron chi connectivity index (χ3n) is 1.48. The number of aromatic nitrogens is 2. The minimum absolute atomic E-state index is 0.578. The van der Waals surface area contributed by atoms with Gasteiger partial charge in [0.2, 0.25) is 0 Å². The summed E-state index contributed by atoms with van der Waals surface area (Å²) < 4.78 is 0. The number of nitrogens with two attached hydrogens (primary N) is 1. The lowest BCUT2D eigenvalue weighted by atomic mass is 10.3. The number of urea groups is 1. The van der Waals surface area contributed by atoms with E-state index in [2.05, 4.69) is 20.5 Å². The van der Waals surface area contributed by atoms with Gasteiger partial charge in [-0.05, 0) is 19.9 Å². The molecule has 0 aliphatic heterocycles. The molecule has 1 aromatic heterocycles. The second kappa shape index (κ2) is 4.31. The molecule has 0 spiro atoms. The lowest BCUT2D eigenvalue weighted by Crippen LogP contribution is -2.25. The molecule has 1 heterocycles. The van der Waals surface area contributed by atoms with E-state index < -0.39 is 6.03 Å². The predicted molar refractivity (Wildman–Crippen MR) is 51.7 cm³/mol. The van der Waals surface area contributed by atoms with Crippen molar-refractivity contribution < 1.29 is 4.79 Å². The Balaban J connectivity index is 2.83. The number of hydrazone groups is 1. The third kappa shape index (κ3) is 2.81. The lowest BCUT2D eigenvalue weighted by Gasteiger charge is -2.00. The molecule has 0 aromatic carbocycles. The molecule has 0 saturated carbocycles. The molecule has 0 radical (unpaired) electrons. The van der Waals surface area contributed by atoms with Crippen molar-refractivity contribution in [1.29, 1.82) is 0 Å². The first kappa shape index (κ1) is 10.1. The molecule has 0 saturated heterocycles. The summed E-state index contributed by atoms with van der Waals surface area (Å²) in [5.74, 6) is 0.649. The Bertz CT molecular complexity index is 374. The average Bonchev–Trinajstić information content (AvgIpc) is 2.14. The van der Waals surface area contributed by atoms with E-state index in [4.69, 9.17) is 5.73 Å². The van der Waals surface area contributed by atoms with Crippen molar-refractivity contribution in [3.8, 4) is 0 Å². The molecule has 1 aromatic rings. The smallest absolute Gasteiger partial charge is 0.332 e. The van der Waals surface area contributed by atoms with Crippen LogP contribution in [0, 0.1) is 6.92 Å². The highest BCUT2D eigenvalue weighted by molar-refractivity contribution is 5.97. The number of amides is 2. The van der Waals surface area contributed by atoms with Crippen LogP contribution in [-0.4, -0.2) is 21.7 Å². The zero-order valence-electron chi connectivity index (χ0n) is 7.98. The Morgan fingerprint density at radius 1 is 1.64 bits per heavy atom. The Kier molecular flexibility index (Phi) is 3.11. The van der Waals surface area contributed by atoms with Crippen LogP contribution in [0.3, 0.4) is 0 Å². The van der Waals surface area contributed by atoms with Crippen molar-refractivity contribution in [3.63, 3.8) is 0 Å². The number of nitrogens with one attached hydrogen (secondary N) is 1. The second-order valence-corrected chi connectivity index (χ2v) is 2.66. The van der Waals surface area contributed by atoms with Gasteiger partial charge in [-0.1, -0.05) is 0 Å². The highest BCUT2D eigenvalue weighted by atomic mass is 16.2. The number of aryl methyl sites for hydroxylation is 1. The van der Waals surface area contributed by atoms with Crippen LogP contribution in [0.2, 0.25) is 0 Å². The van der Waals surface area contributed by atoms with Gasteiger partial charge in [-0.15, -0.1) is 0 Å². The van der Waals surface area contributed by atoms with Crippen molar-refractivity contribution in [2.24, 2.45) is 10.8 Å². The predicted octanol–water partition coefficient (Wildman–Crippen LogP) is 0.177. The standard InChI is InChI=1S/C8H11N5O/c1-5(12-13-8(9)14)7-3-4-10-6(2)11-7/h3-4H,1-2H3,(H3,9,13,14). The molecule has 0 unspecified atom stereocenters. The third-order valence-corrected chi connectivity index (χ3v) is 1.48. The molecular formula is C8H11N5O. The van der Waals surface area contributed by atoms with Crippen molar-refractivity contribution in [2.75, 3.05) is 0 Å². The molecule has 0 fully saturated rings. The second-order valence-electron chi connectivity index (χ2n) is 2.66. The van der Waals surface area contributed by atoms with Gasteiger partial charge in [-0.2, -0.15) is 5.10 Å². The van der Waals surface area contributed by atoms with Crippen LogP contribution in [0.1, 0.15) is 18.4 Å². The molecule has 0 aliphatic carbocycles. The van der Waals surface area contributed by atoms with Crippen LogP contribution in [0.4, 0.5) is 4.79 Å². The van der Waals surface area contributed by atoms with Crippen LogP contribution in [0.25, 0.3) is 0 Å². The van der Waals surface area contributed by atoms with E-state index in [0.717, 1.165) is 0 Å². The maximum absolute atomic E-state index is 10.4. The molecule has 3 N–H and O–H groups in total. The number of carbonyl (C=O) groups excluding carboxylic acids is 1. The van der Waals surface area contributed by atoms with Gasteiger partial charge in [0.25, 0.3) is 0 Å². The number of nitrogens with zero attached hydrogens (tertiary/aromatic N) is 3. The summed E-state index contributed by atoms with van der Waals surface area (Å²) in [5.41, 5.74) is 8.23. The summed E-state index contributed by atoms with van der Waals surface area (Å²) in [6.07, 6.45) is 1.63. The number of hydrogen-bond acceptors (Lipinski definition) is 4. The summed E-state index contributed by atoms with van der Waals surface area (Å²) in [6.45, 7) is 3.50. The first-order valence-electron chi connectivity index (χ1n) is 3.99. The Morgan fingerprint density at radius 3 is 2.93 bits per heavy atom. The minimum Gasteiger partial charge on any atom is -0.350 e. The Morgan fingerprint density at radius 2 is 2.36 bits per heavy atom. The summed E-state index contributed by atoms with van der Waals surface area (Å²) in [5, 5.41) is 3.74. The molecule has 74 valence electrons. The average molecular weight is 193 g/mol. The number of hydrogen-bond donors (Lipinski definition) is 2. The molecule has 6 nitrogen and oxygen atoms in total. The van der Waals surface area contributed by atoms with Crippen LogP contribution < -0.4 is 11.2 Å². The first-order valence-corrected chi connectivity index (χ1v) is 3.99. The number of primary amides is 1. The van der Waals surface area contributed by atoms with Crippen molar-refractivity contribution >= 4 is 11.7 Å². The van der Waals surface area contributed by atoms with Gasteiger partial charge in [0.05, 0.1) is 11.4 Å². The first-order chi connectivity index (χ1) is 6.59. The van der Waals surface area contributed by atoms with Crippen molar-refractivity contribution in [2.45, 2.75) is 13.8 Å². The molecule has 0 aliphatic rings. The Hall–Kier alpha value is -1.98. The van der Waals surface area contributed by atoms with Crippen LogP contribution in [-0.2, 0) is 0 Å². The largest absolute Gasteiger partial charge is 0.350 e. The Labute approximate surface area is 81.2 Å². The minimum atomic E-state index is -0.699. The normalized spacial score (nSPS) is 11.1. The highest BCUT2D eigenvalue weighted by Crippen LogP contribution is 1.96. The fourth-order valence-corrected chi connectivity index (χ4v) is 0.854. The van der Waals surface area contributed by atoms with Gasteiger partial charge in [0.1, 0.15) is 5.82 Å². The van der Waals surface area contributed by atoms with E-state index in [1.807, 2.05) is 0 Å². The van der Waals surface area contributed by atoms with E-state index in [0.29, 0.717) is 17.2 Å². The van der Waals surface area contributed by atoms with Crippen molar-refractivity contribution in [1.82, 2.24) is 15.4 Å². The molecule has 1 rings (SSSR count). The zero-order valence-corrected chi connectivity index (χ0v) is 7.98. The molecule has 0 bridgehead atoms. The quantitative estimate of drug-likeness (QED) is 0.518. The highest BCUT2D eigenvalue weighted by Gasteiger charge is 1.99. The van der Waals surface area contributed by atoms with E-state index >= 15 is 0 Å². The van der Waals surface area contributed by atoms with E-state index in [1.54, 1.807) is 26.1 Å². The number of rotatable bonds is 2. The lowest BCUT2D eigenvalue weighted by molar-refractivity contribution is 0.249. The number of carbonyl (C=O) groups is 1. The van der Waals surface area contributed by atoms with Gasteiger partial charge in [0.15, 0.2) is 0 Å². The van der Waals surface area contributed by atoms with E-state index in [-0.39, 0.29) is 0 Å². The van der Waals surface area contributed by atoms with Crippen LogP contribution >= 0.6 is 0 Å². The monoisotopic (exact) mass is 193 g/mol. The molecule has 0 atom stereocenters. The summed E-state index contributed by atoms with van der Waals surface area (Å²) in [7, 11) is 0.